The van der Waals surface area contributed by atoms with Crippen LogP contribution in [0.2, 0.25) is 0 Å². The zero-order valence-corrected chi connectivity index (χ0v) is 18.4. The van der Waals surface area contributed by atoms with Crippen molar-refractivity contribution in [2.75, 3.05) is 13.9 Å². The number of aromatic nitrogens is 1. The van der Waals surface area contributed by atoms with E-state index in [-0.39, 0.29) is 18.5 Å². The number of nitrogens with zero attached hydrogens (tertiary/aromatic N) is 1. The van der Waals surface area contributed by atoms with Crippen molar-refractivity contribution >= 4 is 11.7 Å². The molecular formula is C25H26N2O5. The molecule has 1 aliphatic rings. The van der Waals surface area contributed by atoms with Crippen molar-refractivity contribution < 1.29 is 23.8 Å². The van der Waals surface area contributed by atoms with E-state index < -0.39 is 0 Å². The van der Waals surface area contributed by atoms with Crippen LogP contribution in [0.3, 0.4) is 0 Å². The average molecular weight is 434 g/mol. The Balaban J connectivity index is 1.45. The molecule has 0 fully saturated rings. The lowest BCUT2D eigenvalue weighted by atomic mass is 10.1. The molecule has 7 heteroatoms. The summed E-state index contributed by atoms with van der Waals surface area (Å²) in [7, 11) is 1.62. The summed E-state index contributed by atoms with van der Waals surface area (Å²) in [6.45, 7) is 4.56. The topological polar surface area (TPSA) is 78.8 Å². The number of nitrogens with one attached hydrogen (secondary N) is 1. The molecule has 1 N–H and O–H groups in total. The Morgan fingerprint density at radius 1 is 1.06 bits per heavy atom. The van der Waals surface area contributed by atoms with Gasteiger partial charge in [-0.1, -0.05) is 6.07 Å². The number of fused-ring (bicyclic) bond motifs is 1. The summed E-state index contributed by atoms with van der Waals surface area (Å²) in [5.41, 5.74) is 4.32. The van der Waals surface area contributed by atoms with Crippen LogP contribution in [0.5, 0.6) is 17.2 Å². The van der Waals surface area contributed by atoms with Gasteiger partial charge in [0.25, 0.3) is 0 Å². The summed E-state index contributed by atoms with van der Waals surface area (Å²) in [6.07, 6.45) is 0.292. The molecule has 1 aromatic heterocycles. The molecule has 7 nitrogen and oxygen atoms in total. The molecule has 0 aliphatic carbocycles. The number of ketones is 1. The molecule has 2 aromatic carbocycles. The van der Waals surface area contributed by atoms with Gasteiger partial charge < -0.3 is 24.1 Å². The van der Waals surface area contributed by atoms with Gasteiger partial charge in [0.1, 0.15) is 5.75 Å². The third-order valence-electron chi connectivity index (χ3n) is 5.62. The van der Waals surface area contributed by atoms with Crippen molar-refractivity contribution in [2.45, 2.75) is 33.4 Å². The summed E-state index contributed by atoms with van der Waals surface area (Å²) < 4.78 is 18.0. The molecule has 0 bridgehead atoms. The lowest BCUT2D eigenvalue weighted by Gasteiger charge is -2.13. The number of rotatable bonds is 8. The van der Waals surface area contributed by atoms with Gasteiger partial charge in [-0.05, 0) is 67.4 Å². The Morgan fingerprint density at radius 2 is 1.81 bits per heavy atom. The van der Waals surface area contributed by atoms with Crippen molar-refractivity contribution in [3.05, 3.63) is 65.4 Å². The highest BCUT2D eigenvalue weighted by Gasteiger charge is 2.17. The van der Waals surface area contributed by atoms with Gasteiger partial charge >= 0.3 is 0 Å². The highest BCUT2D eigenvalue weighted by Crippen LogP contribution is 2.32. The first-order chi connectivity index (χ1) is 15.5. The van der Waals surface area contributed by atoms with E-state index in [1.807, 2.05) is 60.0 Å². The molecule has 2 heterocycles. The van der Waals surface area contributed by atoms with Crippen LogP contribution in [-0.4, -0.2) is 30.2 Å². The van der Waals surface area contributed by atoms with Gasteiger partial charge in [-0.15, -0.1) is 0 Å². The van der Waals surface area contributed by atoms with Gasteiger partial charge in [0, 0.05) is 36.5 Å². The van der Waals surface area contributed by atoms with Crippen LogP contribution >= 0.6 is 0 Å². The summed E-state index contributed by atoms with van der Waals surface area (Å²) in [6, 6.07) is 15.2. The Bertz CT molecular complexity index is 1150. The monoisotopic (exact) mass is 434 g/mol. The number of carbonyl (C=O) groups is 2. The second kappa shape index (κ2) is 9.18. The molecule has 0 radical (unpaired) electrons. The standard InChI is InChI=1S/C25H26N2O5/c1-16-21(17(2)28)13-22(19-5-7-20(30-3)8-6-19)27(16)11-10-25(29)26-14-18-4-9-23-24(12-18)32-15-31-23/h4-9,12-13H,10-11,14-15H2,1-3H3,(H,26,29). The van der Waals surface area contributed by atoms with Crippen LogP contribution < -0.4 is 19.5 Å². The van der Waals surface area contributed by atoms with Crippen molar-refractivity contribution in [1.29, 1.82) is 0 Å². The summed E-state index contributed by atoms with van der Waals surface area (Å²) >= 11 is 0. The van der Waals surface area contributed by atoms with Gasteiger partial charge in [0.2, 0.25) is 12.7 Å². The number of ether oxygens (including phenoxy) is 3. The fourth-order valence-corrected chi connectivity index (χ4v) is 3.84. The van der Waals surface area contributed by atoms with Crippen molar-refractivity contribution in [1.82, 2.24) is 9.88 Å². The minimum atomic E-state index is -0.0687. The summed E-state index contributed by atoms with van der Waals surface area (Å²) in [4.78, 5) is 24.7. The maximum Gasteiger partial charge on any atom is 0.231 e. The Morgan fingerprint density at radius 3 is 2.53 bits per heavy atom. The number of amides is 1. The first kappa shape index (κ1) is 21.5. The summed E-state index contributed by atoms with van der Waals surface area (Å²) in [5, 5.41) is 2.95. The predicted molar refractivity (Wildman–Crippen MR) is 120 cm³/mol. The molecule has 166 valence electrons. The van der Waals surface area contributed by atoms with E-state index >= 15 is 0 Å². The maximum atomic E-state index is 12.5. The van der Waals surface area contributed by atoms with Crippen molar-refractivity contribution in [2.24, 2.45) is 0 Å². The fraction of sp³-hybridized carbons (Fsp3) is 0.280. The van der Waals surface area contributed by atoms with E-state index in [4.69, 9.17) is 14.2 Å². The Labute approximate surface area is 186 Å². The van der Waals surface area contributed by atoms with Crippen LogP contribution in [0.15, 0.2) is 48.5 Å². The highest BCUT2D eigenvalue weighted by molar-refractivity contribution is 5.96. The van der Waals surface area contributed by atoms with E-state index in [0.717, 1.165) is 34.0 Å². The van der Waals surface area contributed by atoms with E-state index in [9.17, 15) is 9.59 Å². The first-order valence-electron chi connectivity index (χ1n) is 10.5. The molecule has 0 saturated heterocycles. The largest absolute Gasteiger partial charge is 0.497 e. The zero-order chi connectivity index (χ0) is 22.7. The molecule has 1 aliphatic heterocycles. The molecule has 32 heavy (non-hydrogen) atoms. The molecule has 1 amide bonds. The average Bonchev–Trinajstić information content (AvgIpc) is 3.40. The van der Waals surface area contributed by atoms with E-state index in [1.165, 1.54) is 0 Å². The number of carbonyl (C=O) groups excluding carboxylic acids is 2. The van der Waals surface area contributed by atoms with Crippen LogP contribution in [0.25, 0.3) is 11.3 Å². The third-order valence-corrected chi connectivity index (χ3v) is 5.62. The molecule has 0 spiro atoms. The molecule has 3 aromatic rings. The van der Waals surface area contributed by atoms with Crippen molar-refractivity contribution in [3.8, 4) is 28.5 Å². The molecule has 0 unspecified atom stereocenters. The normalized spacial score (nSPS) is 12.0. The van der Waals surface area contributed by atoms with Gasteiger partial charge in [-0.3, -0.25) is 9.59 Å². The zero-order valence-electron chi connectivity index (χ0n) is 18.4. The molecule has 0 saturated carbocycles. The lowest BCUT2D eigenvalue weighted by Crippen LogP contribution is -2.24. The van der Waals surface area contributed by atoms with Crippen LogP contribution in [0, 0.1) is 6.92 Å². The van der Waals surface area contributed by atoms with Crippen LogP contribution in [-0.2, 0) is 17.9 Å². The van der Waals surface area contributed by atoms with Crippen molar-refractivity contribution in [3.63, 3.8) is 0 Å². The minimum Gasteiger partial charge on any atom is -0.497 e. The van der Waals surface area contributed by atoms with E-state index in [0.29, 0.717) is 30.8 Å². The SMILES string of the molecule is COc1ccc(-c2cc(C(C)=O)c(C)n2CCC(=O)NCc2ccc3c(c2)OCO3)cc1. The predicted octanol–water partition coefficient (Wildman–Crippen LogP) is 4.11. The van der Waals surface area contributed by atoms with Gasteiger partial charge in [-0.25, -0.2) is 0 Å². The molecular weight excluding hydrogens is 408 g/mol. The van der Waals surface area contributed by atoms with Gasteiger partial charge in [0.15, 0.2) is 17.3 Å². The second-order valence-corrected chi connectivity index (χ2v) is 7.68. The van der Waals surface area contributed by atoms with E-state index in [2.05, 4.69) is 5.32 Å². The molecule has 4 rings (SSSR count). The Hall–Kier alpha value is -3.74. The minimum absolute atomic E-state index is 0.00303. The van der Waals surface area contributed by atoms with E-state index in [1.54, 1.807) is 14.0 Å². The quantitative estimate of drug-likeness (QED) is 0.540. The Kier molecular flexibility index (Phi) is 6.16. The van der Waals surface area contributed by atoms with Gasteiger partial charge in [0.05, 0.1) is 7.11 Å². The van der Waals surface area contributed by atoms with Crippen LogP contribution in [0.1, 0.15) is 35.0 Å². The highest BCUT2D eigenvalue weighted by atomic mass is 16.7. The number of hydrogen-bond acceptors (Lipinski definition) is 5. The third kappa shape index (κ3) is 4.46. The maximum absolute atomic E-state index is 12.5. The fourth-order valence-electron chi connectivity index (χ4n) is 3.84. The lowest BCUT2D eigenvalue weighted by molar-refractivity contribution is -0.121. The first-order valence-corrected chi connectivity index (χ1v) is 10.5. The second-order valence-electron chi connectivity index (χ2n) is 7.68. The molecule has 0 atom stereocenters. The number of hydrogen-bond donors (Lipinski definition) is 1. The number of benzene rings is 2. The number of Topliss-reactive ketones (excluding diaryl/α,β-unsaturated/α-hetero) is 1. The van der Waals surface area contributed by atoms with Crippen LogP contribution in [0.4, 0.5) is 0 Å². The van der Waals surface area contributed by atoms with Gasteiger partial charge in [-0.2, -0.15) is 0 Å². The summed E-state index contributed by atoms with van der Waals surface area (Å²) in [5.74, 6) is 2.11. The smallest absolute Gasteiger partial charge is 0.231 e. The number of methoxy groups -OCH3 is 1.